The maximum absolute atomic E-state index is 12.0. The molecule has 0 saturated heterocycles. The summed E-state index contributed by atoms with van der Waals surface area (Å²) in [5.74, 6) is 0.644. The van der Waals surface area contributed by atoms with Crippen molar-refractivity contribution in [2.24, 2.45) is 4.99 Å². The Morgan fingerprint density at radius 1 is 1.15 bits per heavy atom. The second kappa shape index (κ2) is 12.4. The van der Waals surface area contributed by atoms with Crippen LogP contribution in [0.25, 0.3) is 0 Å². The number of guanidine groups is 1. The Bertz CT molecular complexity index is 680. The van der Waals surface area contributed by atoms with E-state index >= 15 is 0 Å². The van der Waals surface area contributed by atoms with Gasteiger partial charge in [0.05, 0.1) is 12.4 Å². The van der Waals surface area contributed by atoms with Gasteiger partial charge in [-0.2, -0.15) is 13.2 Å². The minimum absolute atomic E-state index is 0. The topological polar surface area (TPSA) is 79.8 Å². The number of hydrogen-bond acceptors (Lipinski definition) is 4. The highest BCUT2D eigenvalue weighted by atomic mass is 127. The predicted molar refractivity (Wildman–Crippen MR) is 110 cm³/mol. The number of nitrogens with zero attached hydrogens (tertiary/aromatic N) is 1. The van der Waals surface area contributed by atoms with Crippen molar-refractivity contribution in [2.45, 2.75) is 25.7 Å². The zero-order chi connectivity index (χ0) is 19.6. The number of rotatable bonds is 9. The first kappa shape index (κ1) is 25.9. The van der Waals surface area contributed by atoms with Crippen LogP contribution in [0.3, 0.4) is 0 Å². The van der Waals surface area contributed by atoms with Crippen LogP contribution in [0.2, 0.25) is 0 Å². The molecule has 1 rings (SSSR count). The van der Waals surface area contributed by atoms with Gasteiger partial charge < -0.3 is 15.4 Å². The molecule has 0 aromatic heterocycles. The fourth-order valence-corrected chi connectivity index (χ4v) is 2.65. The smallest absolute Gasteiger partial charge is 0.367 e. The van der Waals surface area contributed by atoms with Gasteiger partial charge in [0.2, 0.25) is 0 Å². The van der Waals surface area contributed by atoms with Crippen molar-refractivity contribution in [1.29, 1.82) is 0 Å². The molecule has 11 heteroatoms. The monoisotopic (exact) mass is 523 g/mol. The first-order valence-electron chi connectivity index (χ1n) is 7.93. The van der Waals surface area contributed by atoms with E-state index in [4.69, 9.17) is 0 Å². The standard InChI is InChI=1S/C16H24F3N3O3S.HI/c1-20-15(21-8-3-9-26(2,23)24)22-10-13-4-6-14(7-5-13)11-25-12-16(17,18)19;/h4-7H,3,8-12H2,1-2H3,(H2,20,21,22);1H. The lowest BCUT2D eigenvalue weighted by Gasteiger charge is -2.12. The summed E-state index contributed by atoms with van der Waals surface area (Å²) in [5, 5.41) is 6.09. The molecule has 0 aliphatic heterocycles. The van der Waals surface area contributed by atoms with Crippen LogP contribution in [0, 0.1) is 0 Å². The molecule has 0 saturated carbocycles. The number of sulfone groups is 1. The summed E-state index contributed by atoms with van der Waals surface area (Å²) in [4.78, 5) is 4.04. The van der Waals surface area contributed by atoms with Crippen molar-refractivity contribution in [3.63, 3.8) is 0 Å². The van der Waals surface area contributed by atoms with E-state index in [2.05, 4.69) is 20.4 Å². The Morgan fingerprint density at radius 2 is 1.74 bits per heavy atom. The van der Waals surface area contributed by atoms with Crippen molar-refractivity contribution < 1.29 is 26.3 Å². The lowest BCUT2D eigenvalue weighted by Crippen LogP contribution is -2.37. The number of nitrogens with one attached hydrogen (secondary N) is 2. The van der Waals surface area contributed by atoms with Gasteiger partial charge >= 0.3 is 6.18 Å². The van der Waals surface area contributed by atoms with Gasteiger partial charge in [0.1, 0.15) is 16.4 Å². The van der Waals surface area contributed by atoms with Crippen LogP contribution in [0.1, 0.15) is 17.5 Å². The molecular formula is C16H25F3IN3O3S. The first-order valence-corrected chi connectivity index (χ1v) is 10.00. The van der Waals surface area contributed by atoms with Crippen LogP contribution in [0.15, 0.2) is 29.3 Å². The molecule has 0 unspecified atom stereocenters. The van der Waals surface area contributed by atoms with Crippen molar-refractivity contribution in [3.05, 3.63) is 35.4 Å². The molecule has 0 fully saturated rings. The Labute approximate surface area is 174 Å². The average Bonchev–Trinajstić information content (AvgIpc) is 2.53. The first-order chi connectivity index (χ1) is 12.1. The minimum atomic E-state index is -4.33. The van der Waals surface area contributed by atoms with Gasteiger partial charge in [0.25, 0.3) is 0 Å². The molecule has 0 atom stereocenters. The molecule has 0 radical (unpaired) electrons. The van der Waals surface area contributed by atoms with E-state index in [1.54, 1.807) is 31.3 Å². The van der Waals surface area contributed by atoms with Gasteiger partial charge in [-0.1, -0.05) is 24.3 Å². The highest BCUT2D eigenvalue weighted by Gasteiger charge is 2.27. The van der Waals surface area contributed by atoms with Crippen LogP contribution in [-0.2, 0) is 27.7 Å². The third-order valence-electron chi connectivity index (χ3n) is 3.23. The van der Waals surface area contributed by atoms with E-state index in [9.17, 15) is 21.6 Å². The van der Waals surface area contributed by atoms with Gasteiger partial charge in [0.15, 0.2) is 5.96 Å². The van der Waals surface area contributed by atoms with Crippen molar-refractivity contribution in [3.8, 4) is 0 Å². The van der Waals surface area contributed by atoms with Gasteiger partial charge in [-0.05, 0) is 17.5 Å². The van der Waals surface area contributed by atoms with Crippen LogP contribution < -0.4 is 10.6 Å². The number of ether oxygens (including phenoxy) is 1. The summed E-state index contributed by atoms with van der Waals surface area (Å²) in [6.07, 6.45) is -2.65. The van der Waals surface area contributed by atoms with Crippen LogP contribution in [-0.4, -0.2) is 52.8 Å². The number of halogens is 4. The second-order valence-corrected chi connectivity index (χ2v) is 8.02. The number of alkyl halides is 3. The molecule has 0 amide bonds. The van der Waals surface area contributed by atoms with Crippen LogP contribution in [0.4, 0.5) is 13.2 Å². The summed E-state index contributed by atoms with van der Waals surface area (Å²) < 4.78 is 62.8. The highest BCUT2D eigenvalue weighted by molar-refractivity contribution is 14.0. The van der Waals surface area contributed by atoms with Crippen molar-refractivity contribution in [2.75, 3.05) is 32.2 Å². The fraction of sp³-hybridized carbons (Fsp3) is 0.562. The second-order valence-electron chi connectivity index (χ2n) is 5.76. The van der Waals surface area contributed by atoms with E-state index in [0.717, 1.165) is 5.56 Å². The maximum Gasteiger partial charge on any atom is 0.411 e. The lowest BCUT2D eigenvalue weighted by molar-refractivity contribution is -0.176. The van der Waals surface area contributed by atoms with E-state index in [1.165, 1.54) is 6.26 Å². The summed E-state index contributed by atoms with van der Waals surface area (Å²) >= 11 is 0. The summed E-state index contributed by atoms with van der Waals surface area (Å²) in [6, 6.07) is 6.98. The average molecular weight is 523 g/mol. The van der Waals surface area contributed by atoms with Crippen molar-refractivity contribution in [1.82, 2.24) is 10.6 Å². The quantitative estimate of drug-likeness (QED) is 0.225. The molecule has 1 aromatic carbocycles. The summed E-state index contributed by atoms with van der Waals surface area (Å²) in [5.41, 5.74) is 1.57. The summed E-state index contributed by atoms with van der Waals surface area (Å²) in [7, 11) is -1.37. The number of aliphatic imine (C=N–C) groups is 1. The molecule has 0 heterocycles. The normalized spacial score (nSPS) is 12.4. The zero-order valence-electron chi connectivity index (χ0n) is 15.2. The molecule has 1 aromatic rings. The Kier molecular flexibility index (Phi) is 11.9. The SMILES string of the molecule is CN=C(NCCCS(C)(=O)=O)NCc1ccc(COCC(F)(F)F)cc1.I. The molecule has 2 N–H and O–H groups in total. The Hall–Kier alpha value is -1.08. The number of hydrogen-bond donors (Lipinski definition) is 2. The molecule has 27 heavy (non-hydrogen) atoms. The third kappa shape index (κ3) is 13.7. The Balaban J connectivity index is 0.00000676. The maximum atomic E-state index is 12.0. The predicted octanol–water partition coefficient (Wildman–Crippen LogP) is 2.48. The Morgan fingerprint density at radius 3 is 2.26 bits per heavy atom. The van der Waals surface area contributed by atoms with Gasteiger partial charge in [-0.3, -0.25) is 4.99 Å². The van der Waals surface area contributed by atoms with E-state index in [-0.39, 0.29) is 36.3 Å². The minimum Gasteiger partial charge on any atom is -0.367 e. The van der Waals surface area contributed by atoms with Crippen LogP contribution in [0.5, 0.6) is 0 Å². The zero-order valence-corrected chi connectivity index (χ0v) is 18.3. The molecule has 156 valence electrons. The van der Waals surface area contributed by atoms with Gasteiger partial charge in [-0.25, -0.2) is 8.42 Å². The van der Waals surface area contributed by atoms with E-state index in [1.807, 2.05) is 0 Å². The van der Waals surface area contributed by atoms with Gasteiger partial charge in [0, 0.05) is 26.4 Å². The third-order valence-corrected chi connectivity index (χ3v) is 4.26. The molecular weight excluding hydrogens is 498 g/mol. The molecule has 0 spiro atoms. The van der Waals surface area contributed by atoms with Crippen LogP contribution >= 0.6 is 24.0 Å². The molecule has 0 aliphatic carbocycles. The molecule has 0 aliphatic rings. The highest BCUT2D eigenvalue weighted by Crippen LogP contribution is 2.15. The van der Waals surface area contributed by atoms with Crippen molar-refractivity contribution >= 4 is 39.8 Å². The molecule has 6 nitrogen and oxygen atoms in total. The number of benzene rings is 1. The largest absolute Gasteiger partial charge is 0.411 e. The van der Waals surface area contributed by atoms with E-state index in [0.29, 0.717) is 31.0 Å². The molecule has 0 bridgehead atoms. The summed E-state index contributed by atoms with van der Waals surface area (Å²) in [6.45, 7) is -0.425. The fourth-order valence-electron chi connectivity index (χ4n) is 1.99. The van der Waals surface area contributed by atoms with Gasteiger partial charge in [-0.15, -0.1) is 24.0 Å². The van der Waals surface area contributed by atoms with E-state index < -0.39 is 22.6 Å². The lowest BCUT2D eigenvalue weighted by atomic mass is 10.1.